The number of rotatable bonds is 2. The van der Waals surface area contributed by atoms with Crippen LogP contribution in [0.5, 0.6) is 0 Å². The van der Waals surface area contributed by atoms with Crippen LogP contribution >= 0.6 is 11.6 Å². The van der Waals surface area contributed by atoms with Gasteiger partial charge in [-0.2, -0.15) is 0 Å². The molecule has 2 rings (SSSR count). The SMILES string of the molecule is CC(C)(C)OC(=O)N[C@@H]1CN(C(=O)OC(C)(C)C)C[C@H]1c1ccc(Cl)cc1F. The lowest BCUT2D eigenvalue weighted by Crippen LogP contribution is -2.43. The van der Waals surface area contributed by atoms with E-state index in [2.05, 4.69) is 5.32 Å². The summed E-state index contributed by atoms with van der Waals surface area (Å²) in [6, 6.07) is 3.85. The summed E-state index contributed by atoms with van der Waals surface area (Å²) < 4.78 is 25.2. The van der Waals surface area contributed by atoms with E-state index in [1.54, 1.807) is 53.7 Å². The number of nitrogens with one attached hydrogen (secondary N) is 1. The van der Waals surface area contributed by atoms with Crippen LogP contribution in [0.1, 0.15) is 53.0 Å². The van der Waals surface area contributed by atoms with Crippen LogP contribution in [-0.4, -0.2) is 47.4 Å². The Hall–Kier alpha value is -2.02. The standard InChI is InChI=1S/C20H28ClFN2O4/c1-19(2,3)27-17(25)23-16-11-24(18(26)28-20(4,5)6)10-14(16)13-8-7-12(21)9-15(13)22/h7-9,14,16H,10-11H2,1-6H3,(H,23,25)/t14-,16+/m0/s1. The summed E-state index contributed by atoms with van der Waals surface area (Å²) in [4.78, 5) is 26.2. The van der Waals surface area contributed by atoms with E-state index in [0.717, 1.165) is 0 Å². The van der Waals surface area contributed by atoms with Crippen molar-refractivity contribution in [3.63, 3.8) is 0 Å². The van der Waals surface area contributed by atoms with Gasteiger partial charge in [0, 0.05) is 24.0 Å². The second-order valence-electron chi connectivity index (χ2n) is 8.91. The molecular weight excluding hydrogens is 387 g/mol. The Balaban J connectivity index is 2.24. The molecule has 6 nitrogen and oxygen atoms in total. The second-order valence-corrected chi connectivity index (χ2v) is 9.35. The van der Waals surface area contributed by atoms with Gasteiger partial charge in [0.05, 0.1) is 6.04 Å². The van der Waals surface area contributed by atoms with Crippen molar-refractivity contribution in [3.05, 3.63) is 34.6 Å². The smallest absolute Gasteiger partial charge is 0.410 e. The van der Waals surface area contributed by atoms with E-state index in [1.165, 1.54) is 11.0 Å². The van der Waals surface area contributed by atoms with E-state index in [4.69, 9.17) is 21.1 Å². The van der Waals surface area contributed by atoms with Crippen LogP contribution in [-0.2, 0) is 9.47 Å². The first-order chi connectivity index (χ1) is 12.7. The predicted octanol–water partition coefficient (Wildman–Crippen LogP) is 4.71. The molecule has 28 heavy (non-hydrogen) atoms. The van der Waals surface area contributed by atoms with Gasteiger partial charge in [0.25, 0.3) is 0 Å². The molecule has 1 saturated heterocycles. The molecular formula is C20H28ClFN2O4. The first-order valence-corrected chi connectivity index (χ1v) is 9.55. The third kappa shape index (κ3) is 6.26. The second kappa shape index (κ2) is 8.15. The Kier molecular flexibility index (Phi) is 6.48. The van der Waals surface area contributed by atoms with Gasteiger partial charge in [0.15, 0.2) is 0 Å². The van der Waals surface area contributed by atoms with Crippen molar-refractivity contribution in [2.45, 2.75) is 64.7 Å². The van der Waals surface area contributed by atoms with Crippen molar-refractivity contribution in [1.29, 1.82) is 0 Å². The van der Waals surface area contributed by atoms with E-state index in [1.807, 2.05) is 0 Å². The number of carbonyl (C=O) groups is 2. The Morgan fingerprint density at radius 3 is 2.25 bits per heavy atom. The molecule has 0 aromatic heterocycles. The summed E-state index contributed by atoms with van der Waals surface area (Å²) in [7, 11) is 0. The minimum absolute atomic E-state index is 0.181. The molecule has 1 aromatic carbocycles. The normalized spacial score (nSPS) is 20.1. The molecule has 0 saturated carbocycles. The summed E-state index contributed by atoms with van der Waals surface area (Å²) in [5.41, 5.74) is -0.958. The Labute approximate surface area is 170 Å². The highest BCUT2D eigenvalue weighted by molar-refractivity contribution is 6.30. The van der Waals surface area contributed by atoms with Gasteiger partial charge in [-0.1, -0.05) is 17.7 Å². The van der Waals surface area contributed by atoms with E-state index >= 15 is 0 Å². The molecule has 8 heteroatoms. The number of nitrogens with zero attached hydrogens (tertiary/aromatic N) is 1. The van der Waals surface area contributed by atoms with Crippen molar-refractivity contribution in [3.8, 4) is 0 Å². The minimum atomic E-state index is -0.672. The third-order valence-corrected chi connectivity index (χ3v) is 4.27. The first kappa shape index (κ1) is 22.3. The fourth-order valence-corrected chi connectivity index (χ4v) is 3.16. The molecule has 1 fully saturated rings. The van der Waals surface area contributed by atoms with E-state index in [9.17, 15) is 14.0 Å². The zero-order valence-corrected chi connectivity index (χ0v) is 17.9. The molecule has 1 aliphatic heterocycles. The molecule has 156 valence electrons. The number of likely N-dealkylation sites (tertiary alicyclic amines) is 1. The fraction of sp³-hybridized carbons (Fsp3) is 0.600. The summed E-state index contributed by atoms with van der Waals surface area (Å²) in [6.07, 6.45) is -1.14. The maximum atomic E-state index is 14.5. The molecule has 1 aliphatic rings. The molecule has 0 unspecified atom stereocenters. The highest BCUT2D eigenvalue weighted by Gasteiger charge is 2.40. The zero-order chi connectivity index (χ0) is 21.3. The summed E-state index contributed by atoms with van der Waals surface area (Å²) >= 11 is 5.85. The van der Waals surface area contributed by atoms with Crippen LogP contribution in [0.25, 0.3) is 0 Å². The lowest BCUT2D eigenvalue weighted by molar-refractivity contribution is 0.0281. The van der Waals surface area contributed by atoms with Crippen LogP contribution < -0.4 is 5.32 Å². The van der Waals surface area contributed by atoms with Gasteiger partial charge < -0.3 is 19.7 Å². The monoisotopic (exact) mass is 414 g/mol. The number of carbonyl (C=O) groups excluding carboxylic acids is 2. The summed E-state index contributed by atoms with van der Waals surface area (Å²) in [5, 5.41) is 3.04. The maximum absolute atomic E-state index is 14.5. The quantitative estimate of drug-likeness (QED) is 0.761. The lowest BCUT2D eigenvalue weighted by Gasteiger charge is -2.25. The van der Waals surface area contributed by atoms with Crippen LogP contribution in [0.3, 0.4) is 0 Å². The molecule has 1 heterocycles. The Bertz CT molecular complexity index is 743. The largest absolute Gasteiger partial charge is 0.444 e. The Morgan fingerprint density at radius 2 is 1.71 bits per heavy atom. The molecule has 0 spiro atoms. The molecule has 1 N–H and O–H groups in total. The first-order valence-electron chi connectivity index (χ1n) is 9.17. The van der Waals surface area contributed by atoms with Crippen molar-refractivity contribution in [2.75, 3.05) is 13.1 Å². The molecule has 2 atom stereocenters. The third-order valence-electron chi connectivity index (χ3n) is 4.04. The van der Waals surface area contributed by atoms with E-state index in [-0.39, 0.29) is 18.1 Å². The Morgan fingerprint density at radius 1 is 1.11 bits per heavy atom. The predicted molar refractivity (Wildman–Crippen MR) is 105 cm³/mol. The van der Waals surface area contributed by atoms with Gasteiger partial charge in [-0.25, -0.2) is 14.0 Å². The van der Waals surface area contributed by atoms with Gasteiger partial charge in [0.2, 0.25) is 0 Å². The molecule has 2 amide bonds. The van der Waals surface area contributed by atoms with Crippen molar-refractivity contribution < 1.29 is 23.5 Å². The molecule has 0 bridgehead atoms. The van der Waals surface area contributed by atoms with Crippen molar-refractivity contribution in [1.82, 2.24) is 10.2 Å². The van der Waals surface area contributed by atoms with Gasteiger partial charge in [-0.3, -0.25) is 0 Å². The fourth-order valence-electron chi connectivity index (χ4n) is 3.00. The van der Waals surface area contributed by atoms with Gasteiger partial charge in [0.1, 0.15) is 17.0 Å². The lowest BCUT2D eigenvalue weighted by atomic mass is 9.94. The molecule has 0 aliphatic carbocycles. The maximum Gasteiger partial charge on any atom is 0.410 e. The van der Waals surface area contributed by atoms with Crippen molar-refractivity contribution in [2.24, 2.45) is 0 Å². The van der Waals surface area contributed by atoms with Crippen LogP contribution in [0.2, 0.25) is 5.02 Å². The highest BCUT2D eigenvalue weighted by atomic mass is 35.5. The van der Waals surface area contributed by atoms with Gasteiger partial charge in [-0.15, -0.1) is 0 Å². The minimum Gasteiger partial charge on any atom is -0.444 e. The number of hydrogen-bond donors (Lipinski definition) is 1. The van der Waals surface area contributed by atoms with Gasteiger partial charge >= 0.3 is 12.2 Å². The number of hydrogen-bond acceptors (Lipinski definition) is 4. The van der Waals surface area contributed by atoms with E-state index < -0.39 is 41.2 Å². The average molecular weight is 415 g/mol. The van der Waals surface area contributed by atoms with E-state index in [0.29, 0.717) is 5.56 Å². The number of halogens is 2. The number of ether oxygens (including phenoxy) is 2. The number of alkyl carbamates (subject to hydrolysis) is 1. The van der Waals surface area contributed by atoms with Gasteiger partial charge in [-0.05, 0) is 59.2 Å². The molecule has 1 aromatic rings. The number of benzene rings is 1. The topological polar surface area (TPSA) is 67.9 Å². The van der Waals surface area contributed by atoms with Crippen molar-refractivity contribution >= 4 is 23.8 Å². The summed E-state index contributed by atoms with van der Waals surface area (Å²) in [5.74, 6) is -0.947. The highest BCUT2D eigenvalue weighted by Crippen LogP contribution is 2.32. The zero-order valence-electron chi connectivity index (χ0n) is 17.1. The van der Waals surface area contributed by atoms with Crippen LogP contribution in [0.4, 0.5) is 14.0 Å². The van der Waals surface area contributed by atoms with Crippen LogP contribution in [0, 0.1) is 5.82 Å². The van der Waals surface area contributed by atoms with Crippen LogP contribution in [0.15, 0.2) is 18.2 Å². The number of amides is 2. The molecule has 0 radical (unpaired) electrons. The average Bonchev–Trinajstić information content (AvgIpc) is 2.87. The summed E-state index contributed by atoms with van der Waals surface area (Å²) in [6.45, 7) is 11.0.